The molecule has 6 heteroatoms. The van der Waals surface area contributed by atoms with Crippen molar-refractivity contribution in [2.45, 2.75) is 6.42 Å². The molecule has 0 unspecified atom stereocenters. The molecule has 2 aromatic rings. The van der Waals surface area contributed by atoms with Crippen LogP contribution in [0.4, 0.5) is 5.69 Å². The highest BCUT2D eigenvalue weighted by Crippen LogP contribution is 2.11. The molecule has 0 saturated heterocycles. The van der Waals surface area contributed by atoms with Crippen LogP contribution in [0.1, 0.15) is 16.1 Å². The van der Waals surface area contributed by atoms with E-state index in [0.29, 0.717) is 24.2 Å². The maximum Gasteiger partial charge on any atom is 0.255 e. The van der Waals surface area contributed by atoms with Crippen LogP contribution >= 0.6 is 0 Å². The number of nitrogens with one attached hydrogen (secondary N) is 2. The van der Waals surface area contributed by atoms with Crippen LogP contribution in [-0.4, -0.2) is 22.4 Å². The van der Waals surface area contributed by atoms with Crippen LogP contribution in [0.25, 0.3) is 0 Å². The van der Waals surface area contributed by atoms with Crippen LogP contribution < -0.4 is 16.6 Å². The van der Waals surface area contributed by atoms with Crippen LogP contribution in [-0.2, 0) is 6.42 Å². The fourth-order valence-corrected chi connectivity index (χ4v) is 1.65. The lowest BCUT2D eigenvalue weighted by molar-refractivity contribution is 0.0954. The third-order valence-electron chi connectivity index (χ3n) is 2.61. The van der Waals surface area contributed by atoms with E-state index in [1.54, 1.807) is 18.5 Å². The van der Waals surface area contributed by atoms with Gasteiger partial charge in [-0.15, -0.1) is 0 Å². The summed E-state index contributed by atoms with van der Waals surface area (Å²) in [4.78, 5) is 20.0. The van der Waals surface area contributed by atoms with Gasteiger partial charge in [0.2, 0.25) is 0 Å². The van der Waals surface area contributed by atoms with Crippen molar-refractivity contribution in [2.24, 2.45) is 5.84 Å². The first-order valence-electron chi connectivity index (χ1n) is 5.90. The van der Waals surface area contributed by atoms with Gasteiger partial charge in [0.1, 0.15) is 0 Å². The maximum atomic E-state index is 11.9. The lowest BCUT2D eigenvalue weighted by Gasteiger charge is -2.08. The zero-order valence-corrected chi connectivity index (χ0v) is 10.3. The first-order chi connectivity index (χ1) is 9.31. The Hall–Kier alpha value is -2.47. The number of carbonyl (C=O) groups excluding carboxylic acids is 1. The van der Waals surface area contributed by atoms with Crippen molar-refractivity contribution in [1.29, 1.82) is 0 Å². The molecule has 1 amide bonds. The summed E-state index contributed by atoms with van der Waals surface area (Å²) in [5.74, 6) is 5.13. The van der Waals surface area contributed by atoms with Gasteiger partial charge in [0.15, 0.2) is 0 Å². The highest BCUT2D eigenvalue weighted by molar-refractivity contribution is 5.99. The minimum Gasteiger partial charge on any atom is -0.352 e. The first-order valence-corrected chi connectivity index (χ1v) is 5.90. The van der Waals surface area contributed by atoms with Crippen molar-refractivity contribution in [3.05, 3.63) is 54.1 Å². The Bertz CT molecular complexity index is 544. The van der Waals surface area contributed by atoms with Gasteiger partial charge in [-0.2, -0.15) is 0 Å². The van der Waals surface area contributed by atoms with Gasteiger partial charge in [-0.05, 0) is 18.2 Å². The van der Waals surface area contributed by atoms with Crippen molar-refractivity contribution in [3.8, 4) is 0 Å². The Labute approximate surface area is 111 Å². The second-order valence-electron chi connectivity index (χ2n) is 3.89. The monoisotopic (exact) mass is 257 g/mol. The van der Waals surface area contributed by atoms with E-state index in [1.807, 2.05) is 18.2 Å². The van der Waals surface area contributed by atoms with Gasteiger partial charge in [-0.1, -0.05) is 6.07 Å². The lowest BCUT2D eigenvalue weighted by Crippen LogP contribution is -2.27. The fourth-order valence-electron chi connectivity index (χ4n) is 1.65. The molecule has 0 bridgehead atoms. The van der Waals surface area contributed by atoms with Crippen molar-refractivity contribution < 1.29 is 4.79 Å². The molecule has 0 aliphatic carbocycles. The molecule has 2 rings (SSSR count). The van der Waals surface area contributed by atoms with E-state index >= 15 is 0 Å². The Kier molecular flexibility index (Phi) is 4.41. The summed E-state index contributed by atoms with van der Waals surface area (Å²) in [5.41, 5.74) is 4.38. The second-order valence-corrected chi connectivity index (χ2v) is 3.89. The number of nitrogens with zero attached hydrogens (tertiary/aromatic N) is 2. The second kappa shape index (κ2) is 6.46. The molecule has 0 aromatic carbocycles. The molecule has 0 radical (unpaired) electrons. The number of hydrogen-bond donors (Lipinski definition) is 3. The molecule has 0 saturated carbocycles. The van der Waals surface area contributed by atoms with Crippen LogP contribution in [0.5, 0.6) is 0 Å². The largest absolute Gasteiger partial charge is 0.352 e. The Morgan fingerprint density at radius 3 is 2.89 bits per heavy atom. The summed E-state index contributed by atoms with van der Waals surface area (Å²) < 4.78 is 0. The predicted molar refractivity (Wildman–Crippen MR) is 72.3 cm³/mol. The van der Waals surface area contributed by atoms with Crippen LogP contribution in [0, 0.1) is 0 Å². The highest BCUT2D eigenvalue weighted by atomic mass is 16.1. The molecular formula is C13H15N5O. The number of aromatic nitrogens is 2. The number of hydrogen-bond acceptors (Lipinski definition) is 5. The number of nitrogens with two attached hydrogens (primary N) is 1. The molecule has 0 fully saturated rings. The smallest absolute Gasteiger partial charge is 0.255 e. The number of hydrazine groups is 1. The van der Waals surface area contributed by atoms with Gasteiger partial charge >= 0.3 is 0 Å². The topological polar surface area (TPSA) is 92.9 Å². The molecule has 2 aromatic heterocycles. The van der Waals surface area contributed by atoms with Crippen molar-refractivity contribution in [1.82, 2.24) is 15.3 Å². The number of pyridine rings is 2. The third-order valence-corrected chi connectivity index (χ3v) is 2.61. The van der Waals surface area contributed by atoms with Crippen LogP contribution in [0.3, 0.4) is 0 Å². The van der Waals surface area contributed by atoms with E-state index in [9.17, 15) is 4.79 Å². The number of anilines is 1. The molecule has 98 valence electrons. The summed E-state index contributed by atoms with van der Waals surface area (Å²) in [5, 5.41) is 2.81. The van der Waals surface area contributed by atoms with Crippen molar-refractivity contribution in [3.63, 3.8) is 0 Å². The molecule has 4 N–H and O–H groups in total. The Morgan fingerprint density at radius 2 is 2.16 bits per heavy atom. The van der Waals surface area contributed by atoms with Crippen molar-refractivity contribution >= 4 is 11.6 Å². The number of rotatable bonds is 5. The maximum absolute atomic E-state index is 11.9. The quantitative estimate of drug-likeness (QED) is 0.542. The highest BCUT2D eigenvalue weighted by Gasteiger charge is 2.10. The van der Waals surface area contributed by atoms with Gasteiger partial charge in [-0.3, -0.25) is 20.6 Å². The molecule has 2 heterocycles. The van der Waals surface area contributed by atoms with E-state index in [-0.39, 0.29) is 5.91 Å². The third kappa shape index (κ3) is 3.49. The minimum absolute atomic E-state index is 0.211. The van der Waals surface area contributed by atoms with E-state index in [0.717, 1.165) is 5.69 Å². The summed E-state index contributed by atoms with van der Waals surface area (Å²) in [6, 6.07) is 7.34. The van der Waals surface area contributed by atoms with E-state index in [1.165, 1.54) is 6.20 Å². The Morgan fingerprint density at radius 1 is 1.26 bits per heavy atom. The standard InChI is InChI=1S/C13H15N5O/c14-18-12-5-7-15-9-11(12)13(19)17-8-4-10-3-1-2-6-16-10/h1-3,5-7,9H,4,8,14H2,(H,15,18)(H,17,19). The number of amides is 1. The first kappa shape index (κ1) is 13.0. The average molecular weight is 257 g/mol. The molecule has 0 atom stereocenters. The van der Waals surface area contributed by atoms with Crippen molar-refractivity contribution in [2.75, 3.05) is 12.0 Å². The Balaban J connectivity index is 1.91. The van der Waals surface area contributed by atoms with Gasteiger partial charge < -0.3 is 10.7 Å². The molecule has 0 spiro atoms. The molecule has 6 nitrogen and oxygen atoms in total. The predicted octanol–water partition coefficient (Wildman–Crippen LogP) is 0.735. The van der Waals surface area contributed by atoms with Crippen LogP contribution in [0.15, 0.2) is 42.9 Å². The zero-order valence-electron chi connectivity index (χ0n) is 10.3. The summed E-state index contributed by atoms with van der Waals surface area (Å²) in [6.07, 6.45) is 5.46. The zero-order chi connectivity index (χ0) is 13.5. The minimum atomic E-state index is -0.211. The molecule has 0 aliphatic heterocycles. The van der Waals surface area contributed by atoms with E-state index in [4.69, 9.17) is 5.84 Å². The van der Waals surface area contributed by atoms with Gasteiger partial charge in [0.25, 0.3) is 5.91 Å². The fraction of sp³-hybridized carbons (Fsp3) is 0.154. The lowest BCUT2D eigenvalue weighted by atomic mass is 10.2. The SMILES string of the molecule is NNc1ccncc1C(=O)NCCc1ccccn1. The normalized spacial score (nSPS) is 9.95. The summed E-state index contributed by atoms with van der Waals surface area (Å²) >= 11 is 0. The van der Waals surface area contributed by atoms with Gasteiger partial charge in [0, 0.05) is 37.3 Å². The summed E-state index contributed by atoms with van der Waals surface area (Å²) in [6.45, 7) is 0.509. The molecule has 0 aliphatic rings. The molecular weight excluding hydrogens is 242 g/mol. The van der Waals surface area contributed by atoms with Crippen LogP contribution in [0.2, 0.25) is 0 Å². The van der Waals surface area contributed by atoms with E-state index in [2.05, 4.69) is 20.7 Å². The van der Waals surface area contributed by atoms with Gasteiger partial charge in [-0.25, -0.2) is 0 Å². The number of carbonyl (C=O) groups is 1. The van der Waals surface area contributed by atoms with Gasteiger partial charge in [0.05, 0.1) is 11.3 Å². The van der Waals surface area contributed by atoms with E-state index < -0.39 is 0 Å². The average Bonchev–Trinajstić information content (AvgIpc) is 2.48. The summed E-state index contributed by atoms with van der Waals surface area (Å²) in [7, 11) is 0. The molecule has 19 heavy (non-hydrogen) atoms. The number of nitrogen functional groups attached to an aromatic ring is 1.